The van der Waals surface area contributed by atoms with Crippen LogP contribution in [0.2, 0.25) is 5.02 Å². The zero-order chi connectivity index (χ0) is 23.0. The second-order valence-electron chi connectivity index (χ2n) is 7.21. The van der Waals surface area contributed by atoms with Gasteiger partial charge in [-0.1, -0.05) is 33.6 Å². The molecule has 0 aliphatic carbocycles. The van der Waals surface area contributed by atoms with Crippen molar-refractivity contribution in [3.63, 3.8) is 0 Å². The van der Waals surface area contributed by atoms with E-state index in [-0.39, 0.29) is 16.4 Å². The molecule has 162 valence electrons. The van der Waals surface area contributed by atoms with Crippen LogP contribution in [0, 0.1) is 13.8 Å². The van der Waals surface area contributed by atoms with E-state index in [1.807, 2.05) is 26.0 Å². The topological polar surface area (TPSA) is 87.4 Å². The molecule has 1 heterocycles. The van der Waals surface area contributed by atoms with Crippen LogP contribution in [0.4, 0.5) is 5.69 Å². The summed E-state index contributed by atoms with van der Waals surface area (Å²) in [5.41, 5.74) is 4.68. The summed E-state index contributed by atoms with van der Waals surface area (Å²) in [7, 11) is 0. The molecule has 1 amide bonds. The van der Waals surface area contributed by atoms with Gasteiger partial charge >= 0.3 is 0 Å². The number of rotatable bonds is 3. The van der Waals surface area contributed by atoms with Crippen molar-refractivity contribution in [3.05, 3.63) is 74.7 Å². The maximum atomic E-state index is 12.4. The summed E-state index contributed by atoms with van der Waals surface area (Å²) in [5.74, 6) is -0.176. The zero-order valence-corrected chi connectivity index (χ0v) is 20.2. The Labute approximate surface area is 202 Å². The molecule has 0 spiro atoms. The number of amides is 1. The number of benzene rings is 3. The molecule has 4 rings (SSSR count). The average molecular weight is 531 g/mol. The number of phenolic OH excluding ortho intramolecular Hbond substituents is 1. The number of carbonyl (C=O) groups is 1. The third-order valence-corrected chi connectivity index (χ3v) is 5.73. The standard InChI is InChI=1S/C23H17BrClN3O3S/c1-11-7-12(2)20-18(8-11)27-22(31-20)15-5-4-14(10-19(15)29)26-23(32)28-21(30)16-9-13(24)3-6-17(16)25/h3-10,29H,1-2H3,(H2,26,28,30,32). The Bertz CT molecular complexity index is 1390. The van der Waals surface area contributed by atoms with Crippen molar-refractivity contribution in [1.82, 2.24) is 10.3 Å². The highest BCUT2D eigenvalue weighted by molar-refractivity contribution is 9.10. The van der Waals surface area contributed by atoms with Crippen molar-refractivity contribution in [2.45, 2.75) is 13.8 Å². The number of anilines is 1. The van der Waals surface area contributed by atoms with E-state index in [2.05, 4.69) is 31.5 Å². The maximum Gasteiger partial charge on any atom is 0.258 e. The molecular weight excluding hydrogens is 514 g/mol. The van der Waals surface area contributed by atoms with E-state index in [1.165, 1.54) is 6.07 Å². The second kappa shape index (κ2) is 8.90. The van der Waals surface area contributed by atoms with Crippen molar-refractivity contribution in [3.8, 4) is 17.2 Å². The Balaban J connectivity index is 1.51. The van der Waals surface area contributed by atoms with E-state index < -0.39 is 5.91 Å². The van der Waals surface area contributed by atoms with Gasteiger partial charge in [0.1, 0.15) is 11.3 Å². The average Bonchev–Trinajstić information content (AvgIpc) is 3.13. The normalized spacial score (nSPS) is 10.9. The first-order chi connectivity index (χ1) is 15.2. The van der Waals surface area contributed by atoms with Crippen LogP contribution in [-0.2, 0) is 0 Å². The fraction of sp³-hybridized carbons (Fsp3) is 0.0870. The van der Waals surface area contributed by atoms with E-state index in [0.717, 1.165) is 21.1 Å². The first-order valence-electron chi connectivity index (χ1n) is 9.50. The van der Waals surface area contributed by atoms with Gasteiger partial charge in [-0.2, -0.15) is 0 Å². The van der Waals surface area contributed by atoms with Crippen molar-refractivity contribution in [1.29, 1.82) is 0 Å². The number of aryl methyl sites for hydroxylation is 2. The Kier molecular flexibility index (Phi) is 6.19. The quantitative estimate of drug-likeness (QED) is 0.267. The summed E-state index contributed by atoms with van der Waals surface area (Å²) in [6.07, 6.45) is 0. The predicted molar refractivity (Wildman–Crippen MR) is 133 cm³/mol. The summed E-state index contributed by atoms with van der Waals surface area (Å²) in [5, 5.41) is 16.4. The van der Waals surface area contributed by atoms with Crippen LogP contribution in [0.1, 0.15) is 21.5 Å². The molecule has 0 saturated heterocycles. The number of fused-ring (bicyclic) bond motifs is 1. The molecule has 0 aliphatic heterocycles. The van der Waals surface area contributed by atoms with Gasteiger partial charge in [-0.05, 0) is 73.6 Å². The smallest absolute Gasteiger partial charge is 0.258 e. The minimum Gasteiger partial charge on any atom is -0.507 e. The number of phenols is 1. The monoisotopic (exact) mass is 529 g/mol. The van der Waals surface area contributed by atoms with Crippen LogP contribution in [0.3, 0.4) is 0 Å². The van der Waals surface area contributed by atoms with Crippen molar-refractivity contribution in [2.75, 3.05) is 5.32 Å². The van der Waals surface area contributed by atoms with E-state index in [4.69, 9.17) is 28.2 Å². The third kappa shape index (κ3) is 4.62. The zero-order valence-electron chi connectivity index (χ0n) is 17.0. The molecule has 0 radical (unpaired) electrons. The molecule has 0 unspecified atom stereocenters. The lowest BCUT2D eigenvalue weighted by molar-refractivity contribution is 0.0978. The van der Waals surface area contributed by atoms with Gasteiger partial charge in [0.15, 0.2) is 10.7 Å². The van der Waals surface area contributed by atoms with Crippen LogP contribution in [0.15, 0.2) is 57.4 Å². The lowest BCUT2D eigenvalue weighted by Gasteiger charge is -2.11. The van der Waals surface area contributed by atoms with Crippen LogP contribution < -0.4 is 10.6 Å². The first-order valence-corrected chi connectivity index (χ1v) is 11.1. The van der Waals surface area contributed by atoms with E-state index in [1.54, 1.807) is 30.3 Å². The summed E-state index contributed by atoms with van der Waals surface area (Å²) in [6, 6.07) is 13.7. The minimum atomic E-state index is -0.452. The molecule has 0 fully saturated rings. The molecule has 1 aromatic heterocycles. The molecule has 9 heteroatoms. The van der Waals surface area contributed by atoms with Crippen LogP contribution in [0.25, 0.3) is 22.6 Å². The molecule has 3 aromatic carbocycles. The summed E-state index contributed by atoms with van der Waals surface area (Å²) >= 11 is 14.6. The number of nitrogens with zero attached hydrogens (tertiary/aromatic N) is 1. The highest BCUT2D eigenvalue weighted by Gasteiger charge is 2.16. The summed E-state index contributed by atoms with van der Waals surface area (Å²) < 4.78 is 6.59. The van der Waals surface area contributed by atoms with Crippen molar-refractivity contribution in [2.24, 2.45) is 0 Å². The number of nitrogens with one attached hydrogen (secondary N) is 2. The van der Waals surface area contributed by atoms with Crippen molar-refractivity contribution < 1.29 is 14.3 Å². The fourth-order valence-corrected chi connectivity index (χ4v) is 4.06. The lowest BCUT2D eigenvalue weighted by Crippen LogP contribution is -2.34. The van der Waals surface area contributed by atoms with Gasteiger partial charge in [0, 0.05) is 16.2 Å². The minimum absolute atomic E-state index is 0.0416. The number of thiocarbonyl (C=S) groups is 1. The van der Waals surface area contributed by atoms with Gasteiger partial charge in [-0.25, -0.2) is 4.98 Å². The molecular formula is C23H17BrClN3O3S. The lowest BCUT2D eigenvalue weighted by atomic mass is 10.1. The number of halogens is 2. The third-order valence-electron chi connectivity index (χ3n) is 4.71. The first kappa shape index (κ1) is 22.3. The van der Waals surface area contributed by atoms with E-state index in [0.29, 0.717) is 27.7 Å². The number of aromatic hydroxyl groups is 1. The van der Waals surface area contributed by atoms with Crippen LogP contribution >= 0.6 is 39.7 Å². The number of hydrogen-bond acceptors (Lipinski definition) is 5. The molecule has 0 bridgehead atoms. The second-order valence-corrected chi connectivity index (χ2v) is 8.94. The van der Waals surface area contributed by atoms with Crippen LogP contribution in [-0.4, -0.2) is 21.1 Å². The largest absolute Gasteiger partial charge is 0.507 e. The summed E-state index contributed by atoms with van der Waals surface area (Å²) in [4.78, 5) is 16.9. The Morgan fingerprint density at radius 1 is 1.16 bits per heavy atom. The van der Waals surface area contributed by atoms with Gasteiger partial charge in [0.05, 0.1) is 16.1 Å². The molecule has 4 aromatic rings. The molecule has 6 nitrogen and oxygen atoms in total. The van der Waals surface area contributed by atoms with Crippen LogP contribution in [0.5, 0.6) is 5.75 Å². The number of oxazole rings is 1. The van der Waals surface area contributed by atoms with E-state index >= 15 is 0 Å². The Hall–Kier alpha value is -2.94. The Morgan fingerprint density at radius 2 is 1.94 bits per heavy atom. The van der Waals surface area contributed by atoms with Gasteiger partial charge in [0.25, 0.3) is 5.91 Å². The maximum absolute atomic E-state index is 12.4. The molecule has 0 atom stereocenters. The molecule has 32 heavy (non-hydrogen) atoms. The molecule has 3 N–H and O–H groups in total. The SMILES string of the molecule is Cc1cc(C)c2oc(-c3ccc(NC(=S)NC(=O)c4cc(Br)ccc4Cl)cc3O)nc2c1. The van der Waals surface area contributed by atoms with Gasteiger partial charge in [0.2, 0.25) is 5.89 Å². The predicted octanol–water partition coefficient (Wildman–Crippen LogP) is 6.36. The molecule has 0 aliphatic rings. The molecule has 0 saturated carbocycles. The highest BCUT2D eigenvalue weighted by Crippen LogP contribution is 2.34. The van der Waals surface area contributed by atoms with Gasteiger partial charge in [-0.3, -0.25) is 10.1 Å². The summed E-state index contributed by atoms with van der Waals surface area (Å²) in [6.45, 7) is 3.94. The fourth-order valence-electron chi connectivity index (χ4n) is 3.29. The van der Waals surface area contributed by atoms with Gasteiger partial charge < -0.3 is 14.8 Å². The van der Waals surface area contributed by atoms with Gasteiger partial charge in [-0.15, -0.1) is 0 Å². The number of carbonyl (C=O) groups excluding carboxylic acids is 1. The number of hydrogen-bond donors (Lipinski definition) is 3. The number of aromatic nitrogens is 1. The highest BCUT2D eigenvalue weighted by atomic mass is 79.9. The Morgan fingerprint density at radius 3 is 2.69 bits per heavy atom. The van der Waals surface area contributed by atoms with E-state index in [9.17, 15) is 9.90 Å². The van der Waals surface area contributed by atoms with Crippen molar-refractivity contribution >= 4 is 67.6 Å².